The van der Waals surface area contributed by atoms with Gasteiger partial charge in [-0.25, -0.2) is 14.4 Å². The maximum Gasteiger partial charge on any atom is 0.337 e. The smallest absolute Gasteiger partial charge is 0.337 e. The molecule has 2 rings (SSSR count). The van der Waals surface area contributed by atoms with Crippen LogP contribution < -0.4 is 0 Å². The molecule has 0 aromatic heterocycles. The van der Waals surface area contributed by atoms with Gasteiger partial charge in [0.15, 0.2) is 0 Å². The molecule has 0 aliphatic rings. The predicted octanol–water partition coefficient (Wildman–Crippen LogP) is 1.93. The zero-order chi connectivity index (χ0) is 14.2. The summed E-state index contributed by atoms with van der Waals surface area (Å²) in [4.78, 5) is 33.0. The molecule has 19 heavy (non-hydrogen) atoms. The minimum Gasteiger partial charge on any atom is -0.478 e. The highest BCUT2D eigenvalue weighted by molar-refractivity contribution is 6.12. The molecule has 0 atom stereocenters. The van der Waals surface area contributed by atoms with E-state index in [1.54, 1.807) is 0 Å². The van der Waals surface area contributed by atoms with Crippen LogP contribution in [0.4, 0.5) is 0 Å². The van der Waals surface area contributed by atoms with E-state index in [1.807, 2.05) is 0 Å². The molecule has 0 fully saturated rings. The number of hydrogen-bond donors (Lipinski definition) is 3. The Kier molecular flexibility index (Phi) is 2.92. The van der Waals surface area contributed by atoms with Crippen molar-refractivity contribution in [1.82, 2.24) is 0 Å². The van der Waals surface area contributed by atoms with E-state index in [-0.39, 0.29) is 22.1 Å². The van der Waals surface area contributed by atoms with Crippen LogP contribution in [0, 0.1) is 0 Å². The molecule has 96 valence electrons. The van der Waals surface area contributed by atoms with E-state index in [0.29, 0.717) is 5.39 Å². The zero-order valence-electron chi connectivity index (χ0n) is 9.45. The number of carbonyl (C=O) groups is 3. The first-order chi connectivity index (χ1) is 8.91. The van der Waals surface area contributed by atoms with Gasteiger partial charge in [-0.05, 0) is 29.0 Å². The first kappa shape index (κ1) is 12.6. The Hall–Kier alpha value is -2.89. The molecule has 6 nitrogen and oxygen atoms in total. The van der Waals surface area contributed by atoms with Crippen molar-refractivity contribution in [3.63, 3.8) is 0 Å². The first-order valence-electron chi connectivity index (χ1n) is 5.18. The Morgan fingerprint density at radius 3 is 2.00 bits per heavy atom. The fourth-order valence-electron chi connectivity index (χ4n) is 1.87. The lowest BCUT2D eigenvalue weighted by atomic mass is 9.97. The van der Waals surface area contributed by atoms with Gasteiger partial charge in [0.2, 0.25) is 0 Å². The summed E-state index contributed by atoms with van der Waals surface area (Å²) < 4.78 is 0. The highest BCUT2D eigenvalue weighted by Gasteiger charge is 2.19. The largest absolute Gasteiger partial charge is 0.478 e. The van der Waals surface area contributed by atoms with Crippen molar-refractivity contribution < 1.29 is 29.7 Å². The van der Waals surface area contributed by atoms with Crippen molar-refractivity contribution in [3.8, 4) is 0 Å². The number of hydrogen-bond acceptors (Lipinski definition) is 3. The molecule has 2 aromatic rings. The lowest BCUT2D eigenvalue weighted by molar-refractivity contribution is 0.0653. The molecule has 0 aliphatic carbocycles. The summed E-state index contributed by atoms with van der Waals surface area (Å²) in [5.74, 6) is -3.85. The zero-order valence-corrected chi connectivity index (χ0v) is 9.45. The van der Waals surface area contributed by atoms with Crippen LogP contribution in [-0.2, 0) is 0 Å². The summed E-state index contributed by atoms with van der Waals surface area (Å²) in [7, 11) is 0. The molecule has 0 radical (unpaired) electrons. The maximum atomic E-state index is 11.2. The van der Waals surface area contributed by atoms with Gasteiger partial charge < -0.3 is 15.3 Å². The molecule has 0 saturated carbocycles. The van der Waals surface area contributed by atoms with E-state index in [0.717, 1.165) is 6.07 Å². The van der Waals surface area contributed by atoms with Gasteiger partial charge in [-0.1, -0.05) is 12.1 Å². The number of aromatic carboxylic acids is 3. The van der Waals surface area contributed by atoms with Crippen LogP contribution in [-0.4, -0.2) is 33.2 Å². The molecule has 6 heteroatoms. The number of benzene rings is 2. The quantitative estimate of drug-likeness (QED) is 0.777. The number of carboxylic acid groups (broad SMARTS) is 3. The van der Waals surface area contributed by atoms with Crippen LogP contribution in [0.25, 0.3) is 10.8 Å². The molecular formula is C13H8O6. The Balaban J connectivity index is 2.83. The molecule has 3 N–H and O–H groups in total. The fraction of sp³-hybridized carbons (Fsp3) is 0. The van der Waals surface area contributed by atoms with Crippen LogP contribution >= 0.6 is 0 Å². The summed E-state index contributed by atoms with van der Waals surface area (Å²) in [6.07, 6.45) is 0. The molecular weight excluding hydrogens is 252 g/mol. The van der Waals surface area contributed by atoms with Crippen LogP contribution in [0.1, 0.15) is 31.1 Å². The monoisotopic (exact) mass is 260 g/mol. The van der Waals surface area contributed by atoms with Gasteiger partial charge in [0.05, 0.1) is 16.7 Å². The third-order valence-corrected chi connectivity index (χ3v) is 2.71. The van der Waals surface area contributed by atoms with Gasteiger partial charge >= 0.3 is 17.9 Å². The van der Waals surface area contributed by atoms with Gasteiger partial charge in [0.25, 0.3) is 0 Å². The number of carboxylic acids is 3. The van der Waals surface area contributed by atoms with Crippen LogP contribution in [0.5, 0.6) is 0 Å². The summed E-state index contributed by atoms with van der Waals surface area (Å²) in [5, 5.41) is 27.5. The molecule has 2 aromatic carbocycles. The van der Waals surface area contributed by atoms with Crippen LogP contribution in [0.15, 0.2) is 30.3 Å². The van der Waals surface area contributed by atoms with E-state index in [1.165, 1.54) is 24.3 Å². The van der Waals surface area contributed by atoms with Gasteiger partial charge in [-0.3, -0.25) is 0 Å². The molecule has 0 amide bonds. The third-order valence-electron chi connectivity index (χ3n) is 2.71. The van der Waals surface area contributed by atoms with Crippen LogP contribution in [0.3, 0.4) is 0 Å². The second-order valence-electron chi connectivity index (χ2n) is 3.84. The Morgan fingerprint density at radius 1 is 0.789 bits per heavy atom. The lowest BCUT2D eigenvalue weighted by Crippen LogP contribution is -2.09. The average Bonchev–Trinajstić information content (AvgIpc) is 2.35. The first-order valence-corrected chi connectivity index (χ1v) is 5.18. The minimum atomic E-state index is -1.37. The Morgan fingerprint density at radius 2 is 1.47 bits per heavy atom. The predicted molar refractivity (Wildman–Crippen MR) is 64.8 cm³/mol. The molecule has 0 heterocycles. The van der Waals surface area contributed by atoms with E-state index >= 15 is 0 Å². The molecule has 0 unspecified atom stereocenters. The summed E-state index contributed by atoms with van der Waals surface area (Å²) in [5.41, 5.74) is -0.670. The SMILES string of the molecule is O=C(O)c1ccc2c(C(=O)O)c(C(=O)O)ccc2c1. The molecule has 0 bridgehead atoms. The Labute approximate surface area is 106 Å². The van der Waals surface area contributed by atoms with Gasteiger partial charge in [0.1, 0.15) is 0 Å². The molecule has 0 aliphatic heterocycles. The van der Waals surface area contributed by atoms with Gasteiger partial charge in [-0.15, -0.1) is 0 Å². The van der Waals surface area contributed by atoms with Crippen molar-refractivity contribution in [2.45, 2.75) is 0 Å². The third kappa shape index (κ3) is 2.11. The topological polar surface area (TPSA) is 112 Å². The molecule has 0 saturated heterocycles. The normalized spacial score (nSPS) is 10.3. The van der Waals surface area contributed by atoms with E-state index in [9.17, 15) is 14.4 Å². The highest BCUT2D eigenvalue weighted by Crippen LogP contribution is 2.24. The number of fused-ring (bicyclic) bond motifs is 1. The number of rotatable bonds is 3. The second kappa shape index (κ2) is 4.41. The summed E-state index contributed by atoms with van der Waals surface area (Å²) in [6.45, 7) is 0. The van der Waals surface area contributed by atoms with Crippen LogP contribution in [0.2, 0.25) is 0 Å². The van der Waals surface area contributed by atoms with E-state index < -0.39 is 17.9 Å². The van der Waals surface area contributed by atoms with Crippen molar-refractivity contribution in [2.75, 3.05) is 0 Å². The maximum absolute atomic E-state index is 11.2. The van der Waals surface area contributed by atoms with Crippen molar-refractivity contribution in [1.29, 1.82) is 0 Å². The standard InChI is InChI=1S/C13H8O6/c14-11(15)7-2-3-8-6(5-7)1-4-9(12(16)17)10(8)13(18)19/h1-5H,(H,14,15)(H,16,17)(H,18,19). The average molecular weight is 260 g/mol. The fourth-order valence-corrected chi connectivity index (χ4v) is 1.87. The van der Waals surface area contributed by atoms with Crippen molar-refractivity contribution >= 4 is 28.7 Å². The lowest BCUT2D eigenvalue weighted by Gasteiger charge is -2.07. The van der Waals surface area contributed by atoms with Gasteiger partial charge in [-0.2, -0.15) is 0 Å². The Bertz CT molecular complexity index is 716. The summed E-state index contributed by atoms with van der Waals surface area (Å²) >= 11 is 0. The van der Waals surface area contributed by atoms with Crippen molar-refractivity contribution in [2.24, 2.45) is 0 Å². The van der Waals surface area contributed by atoms with Gasteiger partial charge in [0, 0.05) is 0 Å². The summed E-state index contributed by atoms with van der Waals surface area (Å²) in [6, 6.07) is 6.38. The molecule has 0 spiro atoms. The minimum absolute atomic E-state index is 0.00640. The van der Waals surface area contributed by atoms with E-state index in [2.05, 4.69) is 0 Å². The highest BCUT2D eigenvalue weighted by atomic mass is 16.4. The second-order valence-corrected chi connectivity index (χ2v) is 3.84. The van der Waals surface area contributed by atoms with E-state index in [4.69, 9.17) is 15.3 Å². The van der Waals surface area contributed by atoms with Crippen molar-refractivity contribution in [3.05, 3.63) is 47.0 Å².